The molecule has 1 rings (SSSR count). The van der Waals surface area contributed by atoms with E-state index in [0.717, 1.165) is 6.04 Å². The van der Waals surface area contributed by atoms with E-state index < -0.39 is 0 Å². The van der Waals surface area contributed by atoms with Gasteiger partial charge in [-0.15, -0.1) is 0 Å². The Bertz CT molecular complexity index is 230. The maximum atomic E-state index is 3.84. The minimum absolute atomic E-state index is 0.469. The first-order chi connectivity index (χ1) is 8.35. The molecule has 0 aromatic heterocycles. The van der Waals surface area contributed by atoms with Gasteiger partial charge in [0.2, 0.25) is 0 Å². The standard InChI is InChI=1S/C17H35N/c1-6-7-8-11-17(4,5)14-18-15-10-9-12-16(2,3)13-15/h15,18H,6-14H2,1-5H3. The Hall–Kier alpha value is -0.0400. The monoisotopic (exact) mass is 253 g/mol. The summed E-state index contributed by atoms with van der Waals surface area (Å²) in [6.45, 7) is 13.2. The first kappa shape index (κ1) is 16.0. The van der Waals surface area contributed by atoms with Crippen LogP contribution in [0, 0.1) is 10.8 Å². The van der Waals surface area contributed by atoms with Crippen molar-refractivity contribution < 1.29 is 0 Å². The van der Waals surface area contributed by atoms with E-state index in [-0.39, 0.29) is 0 Å². The van der Waals surface area contributed by atoms with Crippen molar-refractivity contribution >= 4 is 0 Å². The summed E-state index contributed by atoms with van der Waals surface area (Å²) < 4.78 is 0. The molecule has 1 N–H and O–H groups in total. The van der Waals surface area contributed by atoms with E-state index in [2.05, 4.69) is 39.9 Å². The second kappa shape index (κ2) is 6.93. The molecule has 0 saturated heterocycles. The second-order valence-corrected chi connectivity index (χ2v) is 7.96. The minimum atomic E-state index is 0.469. The van der Waals surface area contributed by atoms with Crippen LogP contribution in [0.15, 0.2) is 0 Å². The molecule has 1 heteroatoms. The molecule has 0 heterocycles. The van der Waals surface area contributed by atoms with Gasteiger partial charge in [-0.25, -0.2) is 0 Å². The molecule has 0 aromatic carbocycles. The topological polar surface area (TPSA) is 12.0 Å². The summed E-state index contributed by atoms with van der Waals surface area (Å²) in [7, 11) is 0. The van der Waals surface area contributed by atoms with Crippen molar-refractivity contribution in [2.24, 2.45) is 10.8 Å². The molecule has 1 fully saturated rings. The van der Waals surface area contributed by atoms with Crippen LogP contribution >= 0.6 is 0 Å². The average Bonchev–Trinajstić information content (AvgIpc) is 2.26. The Morgan fingerprint density at radius 1 is 1.22 bits per heavy atom. The van der Waals surface area contributed by atoms with Crippen LogP contribution in [0.3, 0.4) is 0 Å². The van der Waals surface area contributed by atoms with Crippen molar-refractivity contribution in [1.29, 1.82) is 0 Å². The summed E-state index contributed by atoms with van der Waals surface area (Å²) in [5, 5.41) is 3.84. The van der Waals surface area contributed by atoms with Crippen LogP contribution in [-0.4, -0.2) is 12.6 Å². The van der Waals surface area contributed by atoms with Crippen molar-refractivity contribution in [3.63, 3.8) is 0 Å². The van der Waals surface area contributed by atoms with E-state index in [4.69, 9.17) is 0 Å². The molecular weight excluding hydrogens is 218 g/mol. The van der Waals surface area contributed by atoms with Gasteiger partial charge in [0.15, 0.2) is 0 Å². The van der Waals surface area contributed by atoms with Crippen molar-refractivity contribution in [1.82, 2.24) is 5.32 Å². The third kappa shape index (κ3) is 6.22. The number of unbranched alkanes of at least 4 members (excludes halogenated alkanes) is 2. The third-order valence-corrected chi connectivity index (χ3v) is 4.53. The fourth-order valence-electron chi connectivity index (χ4n) is 3.23. The summed E-state index contributed by atoms with van der Waals surface area (Å²) in [6, 6.07) is 0.763. The first-order valence-electron chi connectivity index (χ1n) is 8.08. The van der Waals surface area contributed by atoms with Crippen molar-refractivity contribution in [2.75, 3.05) is 6.54 Å². The average molecular weight is 253 g/mol. The second-order valence-electron chi connectivity index (χ2n) is 7.96. The fraction of sp³-hybridized carbons (Fsp3) is 1.00. The SMILES string of the molecule is CCCCCC(C)(C)CNC1CCCC(C)(C)C1. The highest BCUT2D eigenvalue weighted by Crippen LogP contribution is 2.35. The molecule has 1 unspecified atom stereocenters. The van der Waals surface area contributed by atoms with E-state index in [0.29, 0.717) is 10.8 Å². The van der Waals surface area contributed by atoms with Crippen LogP contribution in [0.5, 0.6) is 0 Å². The molecular formula is C17H35N. The number of hydrogen-bond acceptors (Lipinski definition) is 1. The zero-order valence-corrected chi connectivity index (χ0v) is 13.4. The molecule has 1 aliphatic rings. The zero-order valence-electron chi connectivity index (χ0n) is 13.4. The molecule has 0 aliphatic heterocycles. The highest BCUT2D eigenvalue weighted by atomic mass is 14.9. The van der Waals surface area contributed by atoms with Gasteiger partial charge in [0.05, 0.1) is 0 Å². The van der Waals surface area contributed by atoms with Gasteiger partial charge in [-0.1, -0.05) is 60.3 Å². The molecule has 1 atom stereocenters. The van der Waals surface area contributed by atoms with E-state index in [1.54, 1.807) is 0 Å². The first-order valence-corrected chi connectivity index (χ1v) is 8.08. The van der Waals surface area contributed by atoms with E-state index in [9.17, 15) is 0 Å². The Morgan fingerprint density at radius 2 is 1.94 bits per heavy atom. The van der Waals surface area contributed by atoms with Crippen LogP contribution in [0.2, 0.25) is 0 Å². The van der Waals surface area contributed by atoms with E-state index >= 15 is 0 Å². The Morgan fingerprint density at radius 3 is 2.56 bits per heavy atom. The van der Waals surface area contributed by atoms with Gasteiger partial charge in [-0.2, -0.15) is 0 Å². The Balaban J connectivity index is 2.26. The molecule has 1 nitrogen and oxygen atoms in total. The van der Waals surface area contributed by atoms with Gasteiger partial charge >= 0.3 is 0 Å². The van der Waals surface area contributed by atoms with Crippen LogP contribution in [-0.2, 0) is 0 Å². The highest BCUT2D eigenvalue weighted by Gasteiger charge is 2.28. The number of hydrogen-bond donors (Lipinski definition) is 1. The molecule has 0 aromatic rings. The summed E-state index contributed by atoms with van der Waals surface area (Å²) >= 11 is 0. The van der Waals surface area contributed by atoms with Crippen molar-refractivity contribution in [3.8, 4) is 0 Å². The molecule has 1 aliphatic carbocycles. The van der Waals surface area contributed by atoms with Crippen molar-refractivity contribution in [2.45, 2.75) is 92.0 Å². The van der Waals surface area contributed by atoms with E-state index in [1.807, 2.05) is 0 Å². The predicted octanol–water partition coefficient (Wildman–Crippen LogP) is 5.15. The lowest BCUT2D eigenvalue weighted by Gasteiger charge is -2.37. The third-order valence-electron chi connectivity index (χ3n) is 4.53. The van der Waals surface area contributed by atoms with Gasteiger partial charge in [-0.3, -0.25) is 0 Å². The van der Waals surface area contributed by atoms with Crippen molar-refractivity contribution in [3.05, 3.63) is 0 Å². The van der Waals surface area contributed by atoms with Crippen LogP contribution < -0.4 is 5.32 Å². The van der Waals surface area contributed by atoms with Gasteiger partial charge in [0, 0.05) is 12.6 Å². The largest absolute Gasteiger partial charge is 0.313 e. The lowest BCUT2D eigenvalue weighted by molar-refractivity contribution is 0.181. The fourth-order valence-corrected chi connectivity index (χ4v) is 3.23. The molecule has 0 bridgehead atoms. The van der Waals surface area contributed by atoms with Crippen LogP contribution in [0.1, 0.15) is 86.0 Å². The van der Waals surface area contributed by atoms with Gasteiger partial charge < -0.3 is 5.32 Å². The van der Waals surface area contributed by atoms with E-state index in [1.165, 1.54) is 57.9 Å². The molecule has 108 valence electrons. The number of nitrogens with one attached hydrogen (secondary N) is 1. The quantitative estimate of drug-likeness (QED) is 0.619. The molecule has 0 amide bonds. The maximum absolute atomic E-state index is 3.84. The smallest absolute Gasteiger partial charge is 0.00723 e. The van der Waals surface area contributed by atoms with Gasteiger partial charge in [0.25, 0.3) is 0 Å². The summed E-state index contributed by atoms with van der Waals surface area (Å²) in [5.74, 6) is 0. The molecule has 0 spiro atoms. The molecule has 0 radical (unpaired) electrons. The Labute approximate surface area is 115 Å². The highest BCUT2D eigenvalue weighted by molar-refractivity contribution is 4.85. The van der Waals surface area contributed by atoms with Crippen LogP contribution in [0.25, 0.3) is 0 Å². The summed E-state index contributed by atoms with van der Waals surface area (Å²) in [5.41, 5.74) is 1.03. The van der Waals surface area contributed by atoms with Crippen LogP contribution in [0.4, 0.5) is 0 Å². The number of rotatable bonds is 7. The summed E-state index contributed by atoms with van der Waals surface area (Å²) in [6.07, 6.45) is 11.0. The summed E-state index contributed by atoms with van der Waals surface area (Å²) in [4.78, 5) is 0. The zero-order chi connectivity index (χ0) is 13.6. The lowest BCUT2D eigenvalue weighted by atomic mass is 9.75. The molecule has 1 saturated carbocycles. The normalized spacial score (nSPS) is 24.2. The molecule has 18 heavy (non-hydrogen) atoms. The Kier molecular flexibility index (Phi) is 6.17. The minimum Gasteiger partial charge on any atom is -0.313 e. The predicted molar refractivity (Wildman–Crippen MR) is 82.0 cm³/mol. The van der Waals surface area contributed by atoms with Gasteiger partial charge in [0.1, 0.15) is 0 Å². The van der Waals surface area contributed by atoms with Gasteiger partial charge in [-0.05, 0) is 36.5 Å². The lowest BCUT2D eigenvalue weighted by Crippen LogP contribution is -2.41. The maximum Gasteiger partial charge on any atom is 0.00723 e.